The van der Waals surface area contributed by atoms with Gasteiger partial charge in [0.15, 0.2) is 0 Å². The lowest BCUT2D eigenvalue weighted by molar-refractivity contribution is -0.123. The zero-order valence-corrected chi connectivity index (χ0v) is 17.0. The molecule has 2 aliphatic heterocycles. The number of hydrogen-bond acceptors (Lipinski definition) is 5. The smallest absolute Gasteiger partial charge is 0.286 e. The van der Waals surface area contributed by atoms with Gasteiger partial charge in [-0.05, 0) is 44.4 Å². The van der Waals surface area contributed by atoms with E-state index in [-0.39, 0.29) is 22.6 Å². The molecule has 8 nitrogen and oxygen atoms in total. The van der Waals surface area contributed by atoms with Crippen molar-refractivity contribution in [3.05, 3.63) is 23.8 Å². The number of anilines is 1. The van der Waals surface area contributed by atoms with Crippen LogP contribution in [0.3, 0.4) is 0 Å². The van der Waals surface area contributed by atoms with Gasteiger partial charge in [-0.15, -0.1) is 4.40 Å². The van der Waals surface area contributed by atoms with Gasteiger partial charge in [-0.25, -0.2) is 0 Å². The number of sulfonamides is 1. The quantitative estimate of drug-likeness (QED) is 0.800. The van der Waals surface area contributed by atoms with E-state index in [2.05, 4.69) is 11.3 Å². The summed E-state index contributed by atoms with van der Waals surface area (Å²) in [4.78, 5) is 27.7. The van der Waals surface area contributed by atoms with Gasteiger partial charge in [0.2, 0.25) is 5.91 Å². The van der Waals surface area contributed by atoms with Crippen LogP contribution >= 0.6 is 0 Å². The molecule has 0 saturated carbocycles. The van der Waals surface area contributed by atoms with Crippen LogP contribution in [-0.2, 0) is 14.8 Å². The van der Waals surface area contributed by atoms with Crippen molar-refractivity contribution in [1.82, 2.24) is 4.90 Å². The number of carbonyl (C=O) groups excluding carboxylic acids is 2. The average Bonchev–Trinajstić information content (AvgIpc) is 2.66. The summed E-state index contributed by atoms with van der Waals surface area (Å²) in [6.45, 7) is 5.27. The predicted molar refractivity (Wildman–Crippen MR) is 107 cm³/mol. The summed E-state index contributed by atoms with van der Waals surface area (Å²) in [5.74, 6) is -0.356. The Bertz CT molecular complexity index is 918. The number of hydrogen-bond donors (Lipinski definition) is 1. The Kier molecular flexibility index (Phi) is 5.74. The third-order valence-corrected chi connectivity index (χ3v) is 6.73. The molecule has 0 unspecified atom stereocenters. The molecule has 152 valence electrons. The first kappa shape index (κ1) is 20.3. The highest BCUT2D eigenvalue weighted by atomic mass is 32.2. The highest BCUT2D eigenvalue weighted by Gasteiger charge is 2.31. The Morgan fingerprint density at radius 3 is 2.54 bits per heavy atom. The molecule has 0 aliphatic carbocycles. The minimum atomic E-state index is -3.84. The van der Waals surface area contributed by atoms with E-state index in [1.165, 1.54) is 6.07 Å². The van der Waals surface area contributed by atoms with Crippen LogP contribution in [0.5, 0.6) is 0 Å². The second-order valence-electron chi connectivity index (χ2n) is 7.27. The average molecular weight is 407 g/mol. The van der Waals surface area contributed by atoms with Crippen molar-refractivity contribution in [2.24, 2.45) is 16.0 Å². The van der Waals surface area contributed by atoms with Crippen molar-refractivity contribution in [1.29, 1.82) is 0 Å². The zero-order valence-electron chi connectivity index (χ0n) is 16.2. The second-order valence-corrected chi connectivity index (χ2v) is 8.84. The third kappa shape index (κ3) is 3.89. The van der Waals surface area contributed by atoms with E-state index >= 15 is 0 Å². The van der Waals surface area contributed by atoms with E-state index in [1.807, 2.05) is 4.90 Å². The number of benzene rings is 1. The number of carbonyl (C=O) groups is 2. The highest BCUT2D eigenvalue weighted by Crippen LogP contribution is 2.33. The number of nitrogens with two attached hydrogens (primary N) is 1. The van der Waals surface area contributed by atoms with Gasteiger partial charge >= 0.3 is 0 Å². The van der Waals surface area contributed by atoms with Crippen molar-refractivity contribution in [3.63, 3.8) is 0 Å². The maximum atomic E-state index is 12.9. The molecule has 0 spiro atoms. The molecule has 1 saturated heterocycles. The number of amidine groups is 1. The Hall–Kier alpha value is -2.42. The van der Waals surface area contributed by atoms with Crippen LogP contribution in [0.25, 0.3) is 0 Å². The number of primary amides is 1. The molecular weight excluding hydrogens is 380 g/mol. The lowest BCUT2D eigenvalue weighted by Gasteiger charge is -2.32. The van der Waals surface area contributed by atoms with E-state index in [4.69, 9.17) is 5.73 Å². The van der Waals surface area contributed by atoms with Crippen LogP contribution in [0.2, 0.25) is 0 Å². The molecule has 0 bridgehead atoms. The fourth-order valence-electron chi connectivity index (χ4n) is 3.67. The fraction of sp³-hybridized carbons (Fsp3) is 0.526. The van der Waals surface area contributed by atoms with Gasteiger partial charge in [0.1, 0.15) is 10.7 Å². The van der Waals surface area contributed by atoms with E-state index in [9.17, 15) is 18.0 Å². The molecule has 2 heterocycles. The van der Waals surface area contributed by atoms with Gasteiger partial charge in [0, 0.05) is 31.1 Å². The van der Waals surface area contributed by atoms with Crippen molar-refractivity contribution in [3.8, 4) is 0 Å². The Labute approximate surface area is 165 Å². The largest absolute Gasteiger partial charge is 0.369 e. The first-order valence-corrected chi connectivity index (χ1v) is 11.0. The molecule has 2 amide bonds. The van der Waals surface area contributed by atoms with Crippen LogP contribution in [0, 0.1) is 5.92 Å². The molecule has 1 aromatic carbocycles. The van der Waals surface area contributed by atoms with E-state index in [0.717, 1.165) is 12.8 Å². The number of likely N-dealkylation sites (tertiary alicyclic amines) is 1. The second kappa shape index (κ2) is 7.90. The zero-order chi connectivity index (χ0) is 20.5. The normalized spacial score (nSPS) is 19.1. The van der Waals surface area contributed by atoms with Gasteiger partial charge in [-0.1, -0.05) is 13.3 Å². The molecule has 28 heavy (non-hydrogen) atoms. The Morgan fingerprint density at radius 2 is 1.93 bits per heavy atom. The number of nitrogens with zero attached hydrogens (tertiary/aromatic N) is 3. The summed E-state index contributed by atoms with van der Waals surface area (Å²) in [5.41, 5.74) is 6.21. The summed E-state index contributed by atoms with van der Waals surface area (Å²) >= 11 is 0. The van der Waals surface area contributed by atoms with E-state index < -0.39 is 10.0 Å². The predicted octanol–water partition coefficient (Wildman–Crippen LogP) is 1.75. The molecule has 1 fully saturated rings. The van der Waals surface area contributed by atoms with Gasteiger partial charge in [0.25, 0.3) is 15.9 Å². The highest BCUT2D eigenvalue weighted by molar-refractivity contribution is 7.90. The van der Waals surface area contributed by atoms with E-state index in [1.54, 1.807) is 24.0 Å². The molecular formula is C19H26N4O4S. The number of rotatable bonds is 5. The van der Waals surface area contributed by atoms with Crippen LogP contribution in [0.15, 0.2) is 27.5 Å². The van der Waals surface area contributed by atoms with Gasteiger partial charge in [0.05, 0.1) is 5.69 Å². The summed E-state index contributed by atoms with van der Waals surface area (Å²) in [7, 11) is -3.84. The lowest BCUT2D eigenvalue weighted by Crippen LogP contribution is -2.42. The van der Waals surface area contributed by atoms with Gasteiger partial charge in [-0.3, -0.25) is 9.59 Å². The van der Waals surface area contributed by atoms with E-state index in [0.29, 0.717) is 49.6 Å². The number of fused-ring (bicyclic) bond motifs is 1. The molecule has 1 aromatic rings. The van der Waals surface area contributed by atoms with Crippen molar-refractivity contribution < 1.29 is 18.0 Å². The van der Waals surface area contributed by atoms with Gasteiger partial charge < -0.3 is 15.5 Å². The number of amides is 2. The molecule has 0 radical (unpaired) electrons. The maximum Gasteiger partial charge on any atom is 0.286 e. The van der Waals surface area contributed by atoms with Crippen LogP contribution in [-0.4, -0.2) is 50.6 Å². The molecule has 2 aliphatic rings. The molecule has 9 heteroatoms. The maximum absolute atomic E-state index is 12.9. The summed E-state index contributed by atoms with van der Waals surface area (Å²) < 4.78 is 29.0. The summed E-state index contributed by atoms with van der Waals surface area (Å²) in [5, 5.41) is 0. The van der Waals surface area contributed by atoms with Crippen LogP contribution < -0.4 is 10.6 Å². The molecule has 3 rings (SSSR count). The van der Waals surface area contributed by atoms with Crippen molar-refractivity contribution in [2.45, 2.75) is 44.4 Å². The summed E-state index contributed by atoms with van der Waals surface area (Å²) in [6, 6.07) is 4.76. The monoisotopic (exact) mass is 406 g/mol. The minimum Gasteiger partial charge on any atom is -0.369 e. The van der Waals surface area contributed by atoms with Crippen LogP contribution in [0.1, 0.15) is 49.9 Å². The third-order valence-electron chi connectivity index (χ3n) is 5.34. The van der Waals surface area contributed by atoms with Crippen molar-refractivity contribution >= 4 is 33.4 Å². The number of piperidine rings is 1. The topological polar surface area (TPSA) is 113 Å². The first-order valence-electron chi connectivity index (χ1n) is 9.56. The van der Waals surface area contributed by atoms with Crippen LogP contribution in [0.4, 0.5) is 5.69 Å². The Morgan fingerprint density at radius 1 is 1.25 bits per heavy atom. The molecule has 0 atom stereocenters. The minimum absolute atomic E-state index is 0.0621. The standard InChI is InChI=1S/C19H26N4O4S/c1-3-4-9-23-13(2)21-28(26,27)17-12-15(5-6-16(17)23)19(25)22-10-7-14(8-11-22)18(20)24/h5-6,12,14H,3-4,7-11H2,1-2H3,(H2,20,24). The molecule has 0 aromatic heterocycles. The van der Waals surface area contributed by atoms with Crippen molar-refractivity contribution in [2.75, 3.05) is 24.5 Å². The fourth-order valence-corrected chi connectivity index (χ4v) is 4.93. The summed E-state index contributed by atoms with van der Waals surface area (Å²) in [6.07, 6.45) is 2.93. The SMILES string of the molecule is CCCCN1C(C)=NS(=O)(=O)c2cc(C(=O)N3CCC(C(N)=O)CC3)ccc21. The first-order chi connectivity index (χ1) is 13.2. The lowest BCUT2D eigenvalue weighted by atomic mass is 9.96. The molecule has 2 N–H and O–H groups in total. The van der Waals surface area contributed by atoms with Gasteiger partial charge in [-0.2, -0.15) is 8.42 Å². The Balaban J connectivity index is 1.87. The number of unbranched alkanes of at least 4 members (excludes halogenated alkanes) is 1.